The number of aryl methyl sites for hydroxylation is 1. The lowest BCUT2D eigenvalue weighted by Crippen LogP contribution is -2.26. The summed E-state index contributed by atoms with van der Waals surface area (Å²) in [7, 11) is 0. The number of carbonyl (C=O) groups excluding carboxylic acids is 1. The van der Waals surface area contributed by atoms with Gasteiger partial charge in [-0.05, 0) is 44.5 Å². The van der Waals surface area contributed by atoms with E-state index in [4.69, 9.17) is 4.74 Å². The smallest absolute Gasteiger partial charge is 0.274 e. The minimum Gasteiger partial charge on any atom is -0.492 e. The molecule has 6 nitrogen and oxygen atoms in total. The fraction of sp³-hybridized carbons (Fsp3) is 0.261. The largest absolute Gasteiger partial charge is 0.492 e. The van der Waals surface area contributed by atoms with Gasteiger partial charge in [-0.1, -0.05) is 42.5 Å². The van der Waals surface area contributed by atoms with E-state index in [0.717, 1.165) is 17.8 Å². The molecule has 3 aromatic rings. The SMILES string of the molecule is CCOc1ccccc1NC(=O)c1cc(C)nc(N(CC)Cc2ccccc2)n1. The molecule has 3 rings (SSSR count). The molecule has 0 aliphatic rings. The average Bonchev–Trinajstić information content (AvgIpc) is 2.74. The number of para-hydroxylation sites is 2. The Labute approximate surface area is 171 Å². The summed E-state index contributed by atoms with van der Waals surface area (Å²) in [6.45, 7) is 7.75. The molecule has 6 heteroatoms. The third kappa shape index (κ3) is 5.31. The summed E-state index contributed by atoms with van der Waals surface area (Å²) in [4.78, 5) is 24.0. The van der Waals surface area contributed by atoms with E-state index in [1.54, 1.807) is 6.07 Å². The van der Waals surface area contributed by atoms with E-state index < -0.39 is 0 Å². The number of hydrogen-bond donors (Lipinski definition) is 1. The number of nitrogens with zero attached hydrogens (tertiary/aromatic N) is 3. The topological polar surface area (TPSA) is 67.3 Å². The third-order valence-electron chi connectivity index (χ3n) is 4.39. The molecule has 0 aliphatic carbocycles. The van der Waals surface area contributed by atoms with Gasteiger partial charge in [0.2, 0.25) is 5.95 Å². The van der Waals surface area contributed by atoms with Crippen molar-refractivity contribution < 1.29 is 9.53 Å². The van der Waals surface area contributed by atoms with Crippen molar-refractivity contribution in [1.82, 2.24) is 9.97 Å². The number of ether oxygens (including phenoxy) is 1. The van der Waals surface area contributed by atoms with E-state index in [0.29, 0.717) is 36.2 Å². The highest BCUT2D eigenvalue weighted by Gasteiger charge is 2.16. The molecule has 1 N–H and O–H groups in total. The number of anilines is 2. The first-order valence-corrected chi connectivity index (χ1v) is 9.78. The fourth-order valence-corrected chi connectivity index (χ4v) is 2.98. The lowest BCUT2D eigenvalue weighted by molar-refractivity contribution is 0.102. The van der Waals surface area contributed by atoms with Crippen molar-refractivity contribution in [2.75, 3.05) is 23.4 Å². The number of benzene rings is 2. The summed E-state index contributed by atoms with van der Waals surface area (Å²) in [5, 5.41) is 2.90. The molecule has 0 saturated carbocycles. The first kappa shape index (κ1) is 20.3. The van der Waals surface area contributed by atoms with Gasteiger partial charge in [0.25, 0.3) is 5.91 Å². The fourth-order valence-electron chi connectivity index (χ4n) is 2.98. The molecule has 0 saturated heterocycles. The van der Waals surface area contributed by atoms with E-state index in [-0.39, 0.29) is 5.91 Å². The molecule has 150 valence electrons. The lowest BCUT2D eigenvalue weighted by atomic mass is 10.2. The van der Waals surface area contributed by atoms with Gasteiger partial charge in [-0.2, -0.15) is 0 Å². The van der Waals surface area contributed by atoms with E-state index in [1.807, 2.05) is 68.1 Å². The highest BCUT2D eigenvalue weighted by Crippen LogP contribution is 2.24. The van der Waals surface area contributed by atoms with Gasteiger partial charge < -0.3 is 15.0 Å². The van der Waals surface area contributed by atoms with E-state index in [1.165, 1.54) is 0 Å². The molecule has 2 aromatic carbocycles. The zero-order chi connectivity index (χ0) is 20.6. The molecule has 0 aliphatic heterocycles. The molecule has 0 bridgehead atoms. The Morgan fingerprint density at radius 2 is 1.76 bits per heavy atom. The highest BCUT2D eigenvalue weighted by atomic mass is 16.5. The molecule has 0 fully saturated rings. The van der Waals surface area contributed by atoms with Gasteiger partial charge in [0, 0.05) is 18.8 Å². The third-order valence-corrected chi connectivity index (χ3v) is 4.39. The standard InChI is InChI=1S/C23H26N4O2/c1-4-27(16-18-11-7-6-8-12-18)23-24-17(3)15-20(26-23)22(28)25-19-13-9-10-14-21(19)29-5-2/h6-15H,4-5,16H2,1-3H3,(H,25,28). The molecule has 1 amide bonds. The normalized spacial score (nSPS) is 10.4. The van der Waals surface area contributed by atoms with Gasteiger partial charge in [-0.25, -0.2) is 9.97 Å². The van der Waals surface area contributed by atoms with Gasteiger partial charge in [-0.15, -0.1) is 0 Å². The van der Waals surface area contributed by atoms with Gasteiger partial charge in [0.1, 0.15) is 11.4 Å². The number of hydrogen-bond acceptors (Lipinski definition) is 5. The number of nitrogens with one attached hydrogen (secondary N) is 1. The maximum Gasteiger partial charge on any atom is 0.274 e. The molecule has 29 heavy (non-hydrogen) atoms. The van der Waals surface area contributed by atoms with Crippen molar-refractivity contribution in [2.45, 2.75) is 27.3 Å². The van der Waals surface area contributed by atoms with E-state index in [9.17, 15) is 4.79 Å². The number of aromatic nitrogens is 2. The van der Waals surface area contributed by atoms with Crippen LogP contribution in [0.2, 0.25) is 0 Å². The van der Waals surface area contributed by atoms with Crippen LogP contribution in [0.3, 0.4) is 0 Å². The quantitative estimate of drug-likeness (QED) is 0.615. The molecular formula is C23H26N4O2. The molecule has 1 aromatic heterocycles. The van der Waals surface area contributed by atoms with Crippen molar-refractivity contribution in [1.29, 1.82) is 0 Å². The van der Waals surface area contributed by atoms with E-state index in [2.05, 4.69) is 27.4 Å². The monoisotopic (exact) mass is 390 g/mol. The van der Waals surface area contributed by atoms with Gasteiger partial charge in [0.15, 0.2) is 0 Å². The van der Waals surface area contributed by atoms with Crippen molar-refractivity contribution in [3.05, 3.63) is 77.6 Å². The zero-order valence-electron chi connectivity index (χ0n) is 17.1. The van der Waals surface area contributed by atoms with Crippen molar-refractivity contribution in [2.24, 2.45) is 0 Å². The van der Waals surface area contributed by atoms with Gasteiger partial charge in [0.05, 0.1) is 12.3 Å². The summed E-state index contributed by atoms with van der Waals surface area (Å²) in [6, 6.07) is 19.2. The lowest BCUT2D eigenvalue weighted by Gasteiger charge is -2.21. The van der Waals surface area contributed by atoms with Crippen LogP contribution in [0.4, 0.5) is 11.6 Å². The second kappa shape index (κ2) is 9.68. The first-order valence-electron chi connectivity index (χ1n) is 9.78. The number of rotatable bonds is 8. The molecule has 0 atom stereocenters. The van der Waals surface area contributed by atoms with Crippen LogP contribution in [0.5, 0.6) is 5.75 Å². The maximum absolute atomic E-state index is 12.9. The summed E-state index contributed by atoms with van der Waals surface area (Å²) in [6.07, 6.45) is 0. The molecule has 0 unspecified atom stereocenters. The Balaban J connectivity index is 1.83. The Morgan fingerprint density at radius 3 is 2.48 bits per heavy atom. The Hall–Kier alpha value is -3.41. The molecule has 0 spiro atoms. The van der Waals surface area contributed by atoms with Crippen molar-refractivity contribution in [3.63, 3.8) is 0 Å². The van der Waals surface area contributed by atoms with Gasteiger partial charge >= 0.3 is 0 Å². The van der Waals surface area contributed by atoms with Gasteiger partial charge in [-0.3, -0.25) is 4.79 Å². The minimum absolute atomic E-state index is 0.292. The van der Waals surface area contributed by atoms with Crippen molar-refractivity contribution >= 4 is 17.5 Å². The predicted octanol–water partition coefficient (Wildman–Crippen LogP) is 4.46. The minimum atomic E-state index is -0.292. The second-order valence-corrected chi connectivity index (χ2v) is 6.58. The highest BCUT2D eigenvalue weighted by molar-refractivity contribution is 6.03. The Bertz CT molecular complexity index is 960. The van der Waals surface area contributed by atoms with Crippen LogP contribution >= 0.6 is 0 Å². The second-order valence-electron chi connectivity index (χ2n) is 6.58. The van der Waals surface area contributed by atoms with Crippen LogP contribution in [-0.2, 0) is 6.54 Å². The maximum atomic E-state index is 12.9. The predicted molar refractivity (Wildman–Crippen MR) is 115 cm³/mol. The average molecular weight is 390 g/mol. The summed E-state index contributed by atoms with van der Waals surface area (Å²) in [5.41, 5.74) is 2.85. The first-order chi connectivity index (χ1) is 14.1. The molecule has 1 heterocycles. The number of carbonyl (C=O) groups is 1. The van der Waals surface area contributed by atoms with Crippen LogP contribution in [0.1, 0.15) is 35.6 Å². The molecular weight excluding hydrogens is 364 g/mol. The van der Waals surface area contributed by atoms with E-state index >= 15 is 0 Å². The summed E-state index contributed by atoms with van der Waals surface area (Å²) >= 11 is 0. The van der Waals surface area contributed by atoms with Crippen LogP contribution in [-0.4, -0.2) is 29.0 Å². The summed E-state index contributed by atoms with van der Waals surface area (Å²) in [5.74, 6) is 0.882. The Morgan fingerprint density at radius 1 is 1.03 bits per heavy atom. The van der Waals surface area contributed by atoms with Crippen LogP contribution in [0.15, 0.2) is 60.7 Å². The van der Waals surface area contributed by atoms with Crippen LogP contribution in [0, 0.1) is 6.92 Å². The van der Waals surface area contributed by atoms with Crippen LogP contribution in [0.25, 0.3) is 0 Å². The number of amides is 1. The molecule has 0 radical (unpaired) electrons. The zero-order valence-corrected chi connectivity index (χ0v) is 17.1. The van der Waals surface area contributed by atoms with Crippen molar-refractivity contribution in [3.8, 4) is 5.75 Å². The van der Waals surface area contributed by atoms with Crippen LogP contribution < -0.4 is 15.0 Å². The summed E-state index contributed by atoms with van der Waals surface area (Å²) < 4.78 is 5.59. The Kier molecular flexibility index (Phi) is 6.79.